The highest BCUT2D eigenvalue weighted by Gasteiger charge is 2.26. The van der Waals surface area contributed by atoms with Crippen molar-refractivity contribution < 1.29 is 34.1 Å². The van der Waals surface area contributed by atoms with Crippen LogP contribution in [0.3, 0.4) is 0 Å². The lowest BCUT2D eigenvalue weighted by atomic mass is 10.2. The fourth-order valence-electron chi connectivity index (χ4n) is 2.44. The van der Waals surface area contributed by atoms with Gasteiger partial charge in [-0.15, -0.1) is 0 Å². The highest BCUT2D eigenvalue weighted by molar-refractivity contribution is 8.00. The Bertz CT molecular complexity index is 1060. The molecule has 29 heavy (non-hydrogen) atoms. The lowest BCUT2D eigenvalue weighted by Gasteiger charge is -2.11. The van der Waals surface area contributed by atoms with Crippen LogP contribution in [-0.4, -0.2) is 32.6 Å². The number of carboxylic acids is 1. The van der Waals surface area contributed by atoms with Gasteiger partial charge in [0.2, 0.25) is 11.6 Å². The Labute approximate surface area is 169 Å². The number of benzene rings is 2. The molecule has 1 unspecified atom stereocenters. The van der Waals surface area contributed by atoms with Gasteiger partial charge in [-0.2, -0.15) is 0 Å². The molecule has 0 aliphatic carbocycles. The number of aromatic nitrogens is 2. The standard InChI is InChI=1S/C19H17N3O6S/c1-10-3-6-13(7-4-10)22-17(19(27)28-21-22)29-11(2)16(24)20-12-5-8-15(23)14(9-12)18(25)26/h3-9,11,21H,1-2H3,(H2,25,26,27). The van der Waals surface area contributed by atoms with Gasteiger partial charge in [0.05, 0.1) is 10.5 Å². The second-order valence-electron chi connectivity index (χ2n) is 6.20. The largest absolute Gasteiger partial charge is 0.538 e. The summed E-state index contributed by atoms with van der Waals surface area (Å²) < 4.78 is 6.07. The van der Waals surface area contributed by atoms with Crippen molar-refractivity contribution in [3.63, 3.8) is 0 Å². The zero-order chi connectivity index (χ0) is 21.1. The van der Waals surface area contributed by atoms with E-state index < -0.39 is 28.8 Å². The molecule has 1 atom stereocenters. The van der Waals surface area contributed by atoms with Crippen molar-refractivity contribution in [2.75, 3.05) is 5.32 Å². The summed E-state index contributed by atoms with van der Waals surface area (Å²) in [5.41, 5.74) is 1.52. The summed E-state index contributed by atoms with van der Waals surface area (Å²) in [6.07, 6.45) is 0. The molecule has 9 nitrogen and oxygen atoms in total. The fourth-order valence-corrected chi connectivity index (χ4v) is 3.31. The molecule has 0 bridgehead atoms. The Hall–Kier alpha value is -3.53. The summed E-state index contributed by atoms with van der Waals surface area (Å²) in [5.74, 6) is -2.86. The number of anilines is 1. The number of rotatable bonds is 6. The minimum Gasteiger partial charge on any atom is -0.538 e. The van der Waals surface area contributed by atoms with Gasteiger partial charge in [-0.3, -0.25) is 4.79 Å². The SMILES string of the molecule is Cc1ccc(-[n+]2noc([O-])c2SC(C)C(=O)Nc2ccc(O)c(C(=O)O)c2)cc1. The van der Waals surface area contributed by atoms with Crippen LogP contribution in [0.1, 0.15) is 22.8 Å². The Kier molecular flexibility index (Phi) is 5.74. The fraction of sp³-hybridized carbons (Fsp3) is 0.158. The highest BCUT2D eigenvalue weighted by Crippen LogP contribution is 2.28. The first-order valence-corrected chi connectivity index (χ1v) is 9.34. The van der Waals surface area contributed by atoms with E-state index in [0.29, 0.717) is 5.69 Å². The van der Waals surface area contributed by atoms with Gasteiger partial charge < -0.3 is 25.2 Å². The van der Waals surface area contributed by atoms with Crippen molar-refractivity contribution in [3.8, 4) is 17.4 Å². The van der Waals surface area contributed by atoms with Crippen LogP contribution in [0.15, 0.2) is 52.0 Å². The molecular weight excluding hydrogens is 398 g/mol. The number of nitrogens with one attached hydrogen (secondary N) is 1. The lowest BCUT2D eigenvalue weighted by molar-refractivity contribution is -0.705. The van der Waals surface area contributed by atoms with Crippen LogP contribution in [0.4, 0.5) is 5.69 Å². The number of thioether (sulfide) groups is 1. The van der Waals surface area contributed by atoms with Crippen molar-refractivity contribution in [2.45, 2.75) is 24.1 Å². The average molecular weight is 415 g/mol. The van der Waals surface area contributed by atoms with Crippen LogP contribution in [0.25, 0.3) is 5.69 Å². The van der Waals surface area contributed by atoms with Crippen LogP contribution in [-0.2, 0) is 4.79 Å². The van der Waals surface area contributed by atoms with Gasteiger partial charge in [0.25, 0.3) is 5.03 Å². The maximum absolute atomic E-state index is 12.5. The summed E-state index contributed by atoms with van der Waals surface area (Å²) in [4.78, 5) is 23.6. The van der Waals surface area contributed by atoms with Gasteiger partial charge in [0, 0.05) is 17.8 Å². The molecule has 2 aromatic carbocycles. The number of aromatic carboxylic acids is 1. The molecule has 0 aliphatic rings. The predicted octanol–water partition coefficient (Wildman–Crippen LogP) is 1.86. The maximum Gasteiger partial charge on any atom is 0.339 e. The molecule has 1 aromatic heterocycles. The van der Waals surface area contributed by atoms with Gasteiger partial charge in [-0.25, -0.2) is 4.79 Å². The first-order valence-electron chi connectivity index (χ1n) is 8.46. The number of hydrogen-bond donors (Lipinski definition) is 3. The normalized spacial score (nSPS) is 11.8. The average Bonchev–Trinajstić information content (AvgIpc) is 3.04. The van der Waals surface area contributed by atoms with E-state index in [1.165, 1.54) is 16.8 Å². The second kappa shape index (κ2) is 8.23. The Morgan fingerprint density at radius 2 is 1.93 bits per heavy atom. The number of carboxylic acid groups (broad SMARTS) is 1. The summed E-state index contributed by atoms with van der Waals surface area (Å²) in [7, 11) is 0. The van der Waals surface area contributed by atoms with E-state index in [0.717, 1.165) is 23.4 Å². The molecule has 1 heterocycles. The highest BCUT2D eigenvalue weighted by atomic mass is 32.2. The third-order valence-electron chi connectivity index (χ3n) is 4.00. The molecule has 0 spiro atoms. The van der Waals surface area contributed by atoms with E-state index in [1.54, 1.807) is 19.1 Å². The smallest absolute Gasteiger partial charge is 0.339 e. The molecule has 10 heteroatoms. The molecule has 0 aliphatic heterocycles. The van der Waals surface area contributed by atoms with E-state index in [-0.39, 0.29) is 16.3 Å². The zero-order valence-corrected chi connectivity index (χ0v) is 16.3. The minimum absolute atomic E-state index is 0.133. The maximum atomic E-state index is 12.5. The van der Waals surface area contributed by atoms with E-state index in [2.05, 4.69) is 10.6 Å². The molecule has 0 fully saturated rings. The molecule has 0 saturated heterocycles. The number of aryl methyl sites for hydroxylation is 1. The number of carbonyl (C=O) groups is 2. The van der Waals surface area contributed by atoms with Gasteiger partial charge in [0.15, 0.2) is 5.95 Å². The van der Waals surface area contributed by atoms with Gasteiger partial charge >= 0.3 is 5.97 Å². The van der Waals surface area contributed by atoms with Gasteiger partial charge in [0.1, 0.15) is 11.3 Å². The summed E-state index contributed by atoms with van der Waals surface area (Å²) in [6, 6.07) is 11.0. The molecule has 0 saturated carbocycles. The predicted molar refractivity (Wildman–Crippen MR) is 101 cm³/mol. The molecule has 3 rings (SSSR count). The van der Waals surface area contributed by atoms with Crippen molar-refractivity contribution in [2.24, 2.45) is 0 Å². The first kappa shape index (κ1) is 20.2. The van der Waals surface area contributed by atoms with Crippen molar-refractivity contribution in [3.05, 3.63) is 53.6 Å². The summed E-state index contributed by atoms with van der Waals surface area (Å²) in [6.45, 7) is 3.52. The monoisotopic (exact) mass is 415 g/mol. The quantitative estimate of drug-likeness (QED) is 0.315. The van der Waals surface area contributed by atoms with Crippen LogP contribution in [0.2, 0.25) is 0 Å². The van der Waals surface area contributed by atoms with E-state index in [4.69, 9.17) is 9.63 Å². The summed E-state index contributed by atoms with van der Waals surface area (Å²) in [5, 5.41) is 36.4. The van der Waals surface area contributed by atoms with Crippen LogP contribution < -0.4 is 15.1 Å². The van der Waals surface area contributed by atoms with Crippen LogP contribution >= 0.6 is 11.8 Å². The van der Waals surface area contributed by atoms with Gasteiger partial charge in [-0.05, 0) is 48.5 Å². The topological polar surface area (TPSA) is 140 Å². The zero-order valence-electron chi connectivity index (χ0n) is 15.4. The Balaban J connectivity index is 1.77. The molecule has 3 N–H and O–H groups in total. The number of phenols is 1. The number of amides is 1. The molecule has 150 valence electrons. The Morgan fingerprint density at radius 1 is 1.24 bits per heavy atom. The number of aromatic hydroxyl groups is 1. The van der Waals surface area contributed by atoms with E-state index >= 15 is 0 Å². The minimum atomic E-state index is -1.32. The van der Waals surface area contributed by atoms with E-state index in [1.807, 2.05) is 19.1 Å². The van der Waals surface area contributed by atoms with Gasteiger partial charge in [-0.1, -0.05) is 17.7 Å². The molecule has 3 aromatic rings. The molecule has 1 amide bonds. The first-order chi connectivity index (χ1) is 13.8. The second-order valence-corrected chi connectivity index (χ2v) is 7.53. The molecular formula is C19H17N3O6S. The lowest BCUT2D eigenvalue weighted by Crippen LogP contribution is -2.36. The summed E-state index contributed by atoms with van der Waals surface area (Å²) >= 11 is 0.960. The third kappa shape index (κ3) is 4.49. The van der Waals surface area contributed by atoms with Crippen LogP contribution in [0, 0.1) is 6.92 Å². The third-order valence-corrected chi connectivity index (χ3v) is 5.13. The van der Waals surface area contributed by atoms with Crippen molar-refractivity contribution >= 4 is 29.3 Å². The van der Waals surface area contributed by atoms with E-state index in [9.17, 15) is 19.8 Å². The number of carbonyl (C=O) groups excluding carboxylic acids is 1. The molecule has 0 radical (unpaired) electrons. The van der Waals surface area contributed by atoms with Crippen molar-refractivity contribution in [1.82, 2.24) is 5.27 Å². The Morgan fingerprint density at radius 3 is 2.59 bits per heavy atom. The number of hydrogen-bond acceptors (Lipinski definition) is 7. The van der Waals surface area contributed by atoms with Crippen molar-refractivity contribution in [1.29, 1.82) is 0 Å². The number of nitrogens with zero attached hydrogens (tertiary/aromatic N) is 2. The van der Waals surface area contributed by atoms with Crippen LogP contribution in [0.5, 0.6) is 11.7 Å².